The molecule has 0 spiro atoms. The second-order valence-electron chi connectivity index (χ2n) is 5.72. The highest BCUT2D eigenvalue weighted by Gasteiger charge is 2.26. The van der Waals surface area contributed by atoms with Gasteiger partial charge in [-0.3, -0.25) is 4.79 Å². The molecule has 0 aliphatic carbocycles. The van der Waals surface area contributed by atoms with Crippen LogP contribution in [-0.4, -0.2) is 35.3 Å². The van der Waals surface area contributed by atoms with Crippen molar-refractivity contribution >= 4 is 5.91 Å². The van der Waals surface area contributed by atoms with Crippen molar-refractivity contribution < 1.29 is 14.6 Å². The van der Waals surface area contributed by atoms with Gasteiger partial charge in [0.1, 0.15) is 0 Å². The van der Waals surface area contributed by atoms with Crippen molar-refractivity contribution in [3.63, 3.8) is 0 Å². The molecule has 20 heavy (non-hydrogen) atoms. The molecule has 1 atom stereocenters. The highest BCUT2D eigenvalue weighted by Crippen LogP contribution is 2.22. The first-order chi connectivity index (χ1) is 9.38. The summed E-state index contributed by atoms with van der Waals surface area (Å²) in [5.74, 6) is 0.320. The quantitative estimate of drug-likeness (QED) is 0.836. The number of ether oxygens (including phenoxy) is 1. The van der Waals surface area contributed by atoms with Crippen LogP contribution in [0.25, 0.3) is 0 Å². The normalized spacial score (nSPS) is 12.8. The molecule has 0 aromatic carbocycles. The number of carbonyl (C=O) groups excluding carboxylic acids is 1. The van der Waals surface area contributed by atoms with Gasteiger partial charge in [0, 0.05) is 24.9 Å². The largest absolute Gasteiger partial charge is 0.478 e. The lowest BCUT2D eigenvalue weighted by Gasteiger charge is -2.31. The number of aromatic nitrogens is 1. The third kappa shape index (κ3) is 4.81. The van der Waals surface area contributed by atoms with Crippen molar-refractivity contribution in [2.75, 3.05) is 13.2 Å². The van der Waals surface area contributed by atoms with E-state index < -0.39 is 0 Å². The Bertz CT molecular complexity index is 424. The summed E-state index contributed by atoms with van der Waals surface area (Å²) in [6, 6.07) is 3.27. The molecule has 1 aromatic rings. The first kappa shape index (κ1) is 16.4. The predicted molar refractivity (Wildman–Crippen MR) is 77.8 cm³/mol. The minimum atomic E-state index is -0.186. The lowest BCUT2D eigenvalue weighted by atomic mass is 9.85. The fourth-order valence-corrected chi connectivity index (χ4v) is 1.84. The molecule has 1 unspecified atom stereocenters. The maximum absolute atomic E-state index is 12.2. The molecule has 1 aromatic heterocycles. The van der Waals surface area contributed by atoms with Gasteiger partial charge in [-0.1, -0.05) is 20.8 Å². The monoisotopic (exact) mass is 280 g/mol. The summed E-state index contributed by atoms with van der Waals surface area (Å²) in [7, 11) is 0. The number of aliphatic hydroxyl groups excluding tert-OH is 1. The molecular weight excluding hydrogens is 256 g/mol. The number of nitrogens with one attached hydrogen (secondary N) is 1. The van der Waals surface area contributed by atoms with Gasteiger partial charge >= 0.3 is 0 Å². The molecule has 0 bridgehead atoms. The molecule has 5 nitrogen and oxygen atoms in total. The molecule has 1 heterocycles. The minimum Gasteiger partial charge on any atom is -0.478 e. The predicted octanol–water partition coefficient (Wildman–Crippen LogP) is 2.01. The van der Waals surface area contributed by atoms with Crippen molar-refractivity contribution in [3.8, 4) is 5.88 Å². The molecule has 0 aliphatic rings. The van der Waals surface area contributed by atoms with Gasteiger partial charge in [0.2, 0.25) is 5.88 Å². The average Bonchev–Trinajstić information content (AvgIpc) is 2.38. The van der Waals surface area contributed by atoms with E-state index >= 15 is 0 Å². The first-order valence-corrected chi connectivity index (χ1v) is 6.89. The van der Waals surface area contributed by atoms with Crippen LogP contribution in [0.5, 0.6) is 5.88 Å². The Hall–Kier alpha value is -1.62. The van der Waals surface area contributed by atoms with Gasteiger partial charge in [-0.05, 0) is 24.8 Å². The number of carbonyl (C=O) groups is 1. The molecule has 0 saturated carbocycles. The van der Waals surface area contributed by atoms with E-state index in [1.54, 1.807) is 12.1 Å². The third-order valence-corrected chi connectivity index (χ3v) is 3.06. The number of nitrogens with zero attached hydrogens (tertiary/aromatic N) is 1. The zero-order valence-electron chi connectivity index (χ0n) is 12.6. The molecule has 0 radical (unpaired) electrons. The van der Waals surface area contributed by atoms with Crippen LogP contribution in [0.4, 0.5) is 0 Å². The van der Waals surface area contributed by atoms with Gasteiger partial charge in [-0.2, -0.15) is 0 Å². The van der Waals surface area contributed by atoms with Gasteiger partial charge in [0.25, 0.3) is 5.91 Å². The van der Waals surface area contributed by atoms with Crippen molar-refractivity contribution in [1.29, 1.82) is 0 Å². The molecule has 1 amide bonds. The number of rotatable bonds is 6. The van der Waals surface area contributed by atoms with E-state index in [2.05, 4.69) is 10.3 Å². The van der Waals surface area contributed by atoms with Gasteiger partial charge in [-0.15, -0.1) is 0 Å². The summed E-state index contributed by atoms with van der Waals surface area (Å²) >= 11 is 0. The van der Waals surface area contributed by atoms with Crippen LogP contribution in [0.2, 0.25) is 0 Å². The molecule has 0 fully saturated rings. The summed E-state index contributed by atoms with van der Waals surface area (Å²) < 4.78 is 5.24. The number of amides is 1. The highest BCUT2D eigenvalue weighted by atomic mass is 16.5. The van der Waals surface area contributed by atoms with Crippen LogP contribution in [0.15, 0.2) is 18.3 Å². The summed E-state index contributed by atoms with van der Waals surface area (Å²) in [4.78, 5) is 16.2. The Labute approximate surface area is 120 Å². The molecule has 1 rings (SSSR count). The van der Waals surface area contributed by atoms with Crippen molar-refractivity contribution in [1.82, 2.24) is 10.3 Å². The minimum absolute atomic E-state index is 0.0454. The van der Waals surface area contributed by atoms with Crippen LogP contribution < -0.4 is 10.1 Å². The van der Waals surface area contributed by atoms with E-state index in [1.807, 2.05) is 27.7 Å². The van der Waals surface area contributed by atoms with Gasteiger partial charge in [-0.25, -0.2) is 4.98 Å². The average molecular weight is 280 g/mol. The Kier molecular flexibility index (Phi) is 5.95. The van der Waals surface area contributed by atoms with Crippen LogP contribution in [0.1, 0.15) is 44.5 Å². The molecule has 0 saturated heterocycles. The van der Waals surface area contributed by atoms with Crippen molar-refractivity contribution in [2.45, 2.75) is 40.2 Å². The Morgan fingerprint density at radius 1 is 1.45 bits per heavy atom. The third-order valence-electron chi connectivity index (χ3n) is 3.06. The standard InChI is InChI=1S/C15H24N2O3/c1-5-20-13-7-6-11(10-16-13)14(19)17-12(8-9-18)15(2,3)4/h6-7,10,12,18H,5,8-9H2,1-4H3,(H,17,19). The van der Waals surface area contributed by atoms with E-state index in [9.17, 15) is 4.79 Å². The maximum Gasteiger partial charge on any atom is 0.253 e. The molecule has 5 heteroatoms. The number of aliphatic hydroxyl groups is 1. The second kappa shape index (κ2) is 7.24. The Morgan fingerprint density at radius 3 is 2.60 bits per heavy atom. The lowest BCUT2D eigenvalue weighted by Crippen LogP contribution is -2.44. The van der Waals surface area contributed by atoms with Crippen molar-refractivity contribution in [2.24, 2.45) is 5.41 Å². The zero-order chi connectivity index (χ0) is 15.2. The number of hydrogen-bond acceptors (Lipinski definition) is 4. The maximum atomic E-state index is 12.2. The van der Waals surface area contributed by atoms with Crippen LogP contribution in [-0.2, 0) is 0 Å². The van der Waals surface area contributed by atoms with E-state index in [-0.39, 0.29) is 24.0 Å². The van der Waals surface area contributed by atoms with Gasteiger partial charge < -0.3 is 15.2 Å². The second-order valence-corrected chi connectivity index (χ2v) is 5.72. The van der Waals surface area contributed by atoms with Crippen molar-refractivity contribution in [3.05, 3.63) is 23.9 Å². The van der Waals surface area contributed by atoms with Crippen LogP contribution in [0, 0.1) is 5.41 Å². The van der Waals surface area contributed by atoms with E-state index in [1.165, 1.54) is 6.20 Å². The molecule has 0 aliphatic heterocycles. The highest BCUT2D eigenvalue weighted by molar-refractivity contribution is 5.94. The van der Waals surface area contributed by atoms with Crippen LogP contribution >= 0.6 is 0 Å². The Balaban J connectivity index is 2.73. The van der Waals surface area contributed by atoms with E-state index in [4.69, 9.17) is 9.84 Å². The summed E-state index contributed by atoms with van der Waals surface area (Å²) in [5, 5.41) is 12.0. The topological polar surface area (TPSA) is 71.5 Å². The number of pyridine rings is 1. The van der Waals surface area contributed by atoms with Crippen LogP contribution in [0.3, 0.4) is 0 Å². The first-order valence-electron chi connectivity index (χ1n) is 6.89. The Morgan fingerprint density at radius 2 is 2.15 bits per heavy atom. The molecule has 2 N–H and O–H groups in total. The zero-order valence-corrected chi connectivity index (χ0v) is 12.6. The fourth-order valence-electron chi connectivity index (χ4n) is 1.84. The summed E-state index contributed by atoms with van der Waals surface area (Å²) in [6.45, 7) is 8.56. The number of hydrogen-bond donors (Lipinski definition) is 2. The fraction of sp³-hybridized carbons (Fsp3) is 0.600. The van der Waals surface area contributed by atoms with Gasteiger partial charge in [0.15, 0.2) is 0 Å². The van der Waals surface area contributed by atoms with E-state index in [0.29, 0.717) is 24.5 Å². The lowest BCUT2D eigenvalue weighted by molar-refractivity contribution is 0.0884. The SMILES string of the molecule is CCOc1ccc(C(=O)NC(CCO)C(C)(C)C)cn1. The summed E-state index contributed by atoms with van der Waals surface area (Å²) in [6.07, 6.45) is 2.03. The molecule has 112 valence electrons. The smallest absolute Gasteiger partial charge is 0.253 e. The summed E-state index contributed by atoms with van der Waals surface area (Å²) in [5.41, 5.74) is 0.373. The molecular formula is C15H24N2O3. The van der Waals surface area contributed by atoms with E-state index in [0.717, 1.165) is 0 Å². The van der Waals surface area contributed by atoms with Gasteiger partial charge in [0.05, 0.1) is 12.2 Å².